The molecule has 1 aliphatic carbocycles. The summed E-state index contributed by atoms with van der Waals surface area (Å²) in [5, 5.41) is 0. The van der Waals surface area contributed by atoms with Gasteiger partial charge in [0.2, 0.25) is 0 Å². The highest BCUT2D eigenvalue weighted by Crippen LogP contribution is 2.03. The summed E-state index contributed by atoms with van der Waals surface area (Å²) in [6.07, 6.45) is 25.5. The zero-order valence-electron chi connectivity index (χ0n) is 8.78. The van der Waals surface area contributed by atoms with Gasteiger partial charge in [0.25, 0.3) is 0 Å². The van der Waals surface area contributed by atoms with Crippen LogP contribution in [0.15, 0.2) is 42.5 Å². The van der Waals surface area contributed by atoms with Gasteiger partial charge in [0.1, 0.15) is 0 Å². The smallest absolute Gasteiger partial charge is 0.0230 e. The maximum atomic E-state index is 3.19. The van der Waals surface area contributed by atoms with Crippen LogP contribution in [0.3, 0.4) is 0 Å². The molecule has 1 rings (SSSR count). The molecular weight excluding hydrogens is 168 g/mol. The zero-order chi connectivity index (χ0) is 9.90. The SMILES string of the molecule is [C]1=C/CCCC/C=C\C=C\CC\C=C/1. The number of rotatable bonds is 0. The van der Waals surface area contributed by atoms with Crippen molar-refractivity contribution in [3.63, 3.8) is 0 Å². The molecule has 0 N–H and O–H groups in total. The lowest BCUT2D eigenvalue weighted by Crippen LogP contribution is -1.73. The first-order valence-corrected chi connectivity index (χ1v) is 5.54. The summed E-state index contributed by atoms with van der Waals surface area (Å²) >= 11 is 0. The number of hydrogen-bond donors (Lipinski definition) is 0. The molecule has 1 radical (unpaired) electrons. The van der Waals surface area contributed by atoms with Gasteiger partial charge in [-0.3, -0.25) is 0 Å². The summed E-state index contributed by atoms with van der Waals surface area (Å²) in [7, 11) is 0. The van der Waals surface area contributed by atoms with Crippen LogP contribution in [0.5, 0.6) is 0 Å². The van der Waals surface area contributed by atoms with Crippen molar-refractivity contribution >= 4 is 0 Å². The van der Waals surface area contributed by atoms with Crippen molar-refractivity contribution in [2.45, 2.75) is 38.5 Å². The van der Waals surface area contributed by atoms with Gasteiger partial charge in [0.05, 0.1) is 0 Å². The highest BCUT2D eigenvalue weighted by Gasteiger charge is 1.83. The molecule has 0 aromatic carbocycles. The molecule has 75 valence electrons. The molecule has 14 heavy (non-hydrogen) atoms. The van der Waals surface area contributed by atoms with Crippen LogP contribution >= 0.6 is 0 Å². The fourth-order valence-electron chi connectivity index (χ4n) is 1.35. The summed E-state index contributed by atoms with van der Waals surface area (Å²) in [4.78, 5) is 0. The predicted molar refractivity (Wildman–Crippen MR) is 62.9 cm³/mol. The van der Waals surface area contributed by atoms with Crippen molar-refractivity contribution in [2.75, 3.05) is 0 Å². The van der Waals surface area contributed by atoms with Gasteiger partial charge in [0, 0.05) is 0 Å². The highest BCUT2D eigenvalue weighted by atomic mass is 13.9. The third-order valence-corrected chi connectivity index (χ3v) is 2.18. The molecule has 0 spiro atoms. The van der Waals surface area contributed by atoms with Gasteiger partial charge in [0.15, 0.2) is 0 Å². The lowest BCUT2D eigenvalue weighted by molar-refractivity contribution is 0.761. The zero-order valence-corrected chi connectivity index (χ0v) is 8.78. The first kappa shape index (κ1) is 11.0. The molecule has 0 bridgehead atoms. The van der Waals surface area contributed by atoms with Crippen molar-refractivity contribution in [3.8, 4) is 0 Å². The van der Waals surface area contributed by atoms with Crippen LogP contribution in [0.25, 0.3) is 0 Å². The average molecular weight is 187 g/mol. The Labute approximate surface area is 87.7 Å². The molecule has 0 atom stereocenters. The summed E-state index contributed by atoms with van der Waals surface area (Å²) in [6.45, 7) is 0. The Morgan fingerprint density at radius 3 is 2.36 bits per heavy atom. The Bertz CT molecular complexity index is 202. The molecule has 0 saturated carbocycles. The maximum Gasteiger partial charge on any atom is -0.0230 e. The Morgan fingerprint density at radius 1 is 0.714 bits per heavy atom. The highest BCUT2D eigenvalue weighted by molar-refractivity contribution is 5.03. The molecule has 0 fully saturated rings. The largest absolute Gasteiger partial charge is 0.0845 e. The maximum absolute atomic E-state index is 3.19. The Kier molecular flexibility index (Phi) is 6.74. The van der Waals surface area contributed by atoms with Crippen LogP contribution in [0.4, 0.5) is 0 Å². The van der Waals surface area contributed by atoms with E-state index in [4.69, 9.17) is 0 Å². The van der Waals surface area contributed by atoms with E-state index in [0.29, 0.717) is 0 Å². The Hall–Kier alpha value is -1.04. The monoisotopic (exact) mass is 187 g/mol. The molecular formula is C14H19. The molecule has 0 amide bonds. The standard InChI is InChI=1S/C14H19/c1-2-4-6-8-10-12-14-13-11-9-7-5-3-1/h1-4,9,11,14H,5-8,10,12H2/b3-1+,4-2-,11-9-,14-13?. The van der Waals surface area contributed by atoms with Crippen molar-refractivity contribution in [3.05, 3.63) is 48.6 Å². The molecule has 0 aromatic heterocycles. The van der Waals surface area contributed by atoms with Gasteiger partial charge in [-0.05, 0) is 44.6 Å². The van der Waals surface area contributed by atoms with Gasteiger partial charge in [-0.25, -0.2) is 0 Å². The molecule has 0 unspecified atom stereocenters. The Balaban J connectivity index is 2.34. The van der Waals surface area contributed by atoms with Crippen molar-refractivity contribution in [1.29, 1.82) is 0 Å². The fraction of sp³-hybridized carbons (Fsp3) is 0.429. The van der Waals surface area contributed by atoms with Crippen LogP contribution in [0.1, 0.15) is 38.5 Å². The third-order valence-electron chi connectivity index (χ3n) is 2.18. The van der Waals surface area contributed by atoms with Crippen LogP contribution in [-0.4, -0.2) is 0 Å². The van der Waals surface area contributed by atoms with E-state index in [9.17, 15) is 0 Å². The van der Waals surface area contributed by atoms with E-state index in [1.807, 2.05) is 6.08 Å². The van der Waals surface area contributed by atoms with E-state index in [0.717, 1.165) is 19.3 Å². The molecule has 0 heteroatoms. The van der Waals surface area contributed by atoms with Crippen LogP contribution in [0, 0.1) is 6.08 Å². The van der Waals surface area contributed by atoms with Crippen LogP contribution in [0.2, 0.25) is 0 Å². The average Bonchev–Trinajstić information content (AvgIpc) is 2.22. The normalized spacial score (nSPS) is 28.6. The van der Waals surface area contributed by atoms with Crippen LogP contribution in [-0.2, 0) is 0 Å². The first-order valence-electron chi connectivity index (χ1n) is 5.54. The first-order chi connectivity index (χ1) is 7.00. The van der Waals surface area contributed by atoms with E-state index < -0.39 is 0 Å². The van der Waals surface area contributed by atoms with Crippen LogP contribution < -0.4 is 0 Å². The molecule has 1 aliphatic rings. The summed E-state index contributed by atoms with van der Waals surface area (Å²) in [6, 6.07) is 0. The van der Waals surface area contributed by atoms with Crippen molar-refractivity contribution < 1.29 is 0 Å². The minimum atomic E-state index is 1.12. The molecule has 0 nitrogen and oxygen atoms in total. The Morgan fingerprint density at radius 2 is 1.43 bits per heavy atom. The third kappa shape index (κ3) is 6.47. The molecule has 0 saturated heterocycles. The second-order valence-electron chi connectivity index (χ2n) is 3.49. The molecule has 0 aliphatic heterocycles. The second kappa shape index (κ2) is 8.55. The predicted octanol–water partition coefficient (Wildman–Crippen LogP) is 4.37. The van der Waals surface area contributed by atoms with Crippen molar-refractivity contribution in [1.82, 2.24) is 0 Å². The van der Waals surface area contributed by atoms with Crippen molar-refractivity contribution in [2.24, 2.45) is 0 Å². The minimum Gasteiger partial charge on any atom is -0.0845 e. The van der Waals surface area contributed by atoms with E-state index in [1.54, 1.807) is 0 Å². The summed E-state index contributed by atoms with van der Waals surface area (Å²) < 4.78 is 0. The van der Waals surface area contributed by atoms with Gasteiger partial charge in [-0.2, -0.15) is 0 Å². The second-order valence-corrected chi connectivity index (χ2v) is 3.49. The molecule has 0 heterocycles. The van der Waals surface area contributed by atoms with E-state index in [2.05, 4.69) is 42.5 Å². The van der Waals surface area contributed by atoms with Gasteiger partial charge in [-0.1, -0.05) is 42.5 Å². The van der Waals surface area contributed by atoms with E-state index in [1.165, 1.54) is 19.3 Å². The van der Waals surface area contributed by atoms with E-state index >= 15 is 0 Å². The number of allylic oxidation sites excluding steroid dienone is 8. The minimum absolute atomic E-state index is 1.12. The van der Waals surface area contributed by atoms with Gasteiger partial charge < -0.3 is 0 Å². The number of hydrogen-bond acceptors (Lipinski definition) is 0. The lowest BCUT2D eigenvalue weighted by Gasteiger charge is -1.92. The topological polar surface area (TPSA) is 0 Å². The summed E-state index contributed by atoms with van der Waals surface area (Å²) in [5.41, 5.74) is 0. The fourth-order valence-corrected chi connectivity index (χ4v) is 1.35. The van der Waals surface area contributed by atoms with E-state index in [-0.39, 0.29) is 0 Å². The summed E-state index contributed by atoms with van der Waals surface area (Å²) in [5.74, 6) is 0. The van der Waals surface area contributed by atoms with Gasteiger partial charge in [-0.15, -0.1) is 0 Å². The lowest BCUT2D eigenvalue weighted by atomic mass is 10.1. The van der Waals surface area contributed by atoms with Gasteiger partial charge >= 0.3 is 0 Å². The molecule has 0 aromatic rings. The quantitative estimate of drug-likeness (QED) is 0.528.